The average molecular weight is 554 g/mol. The van der Waals surface area contributed by atoms with Gasteiger partial charge in [-0.25, -0.2) is 8.42 Å². The molecule has 2 heterocycles. The topological polar surface area (TPSA) is 157 Å². The summed E-state index contributed by atoms with van der Waals surface area (Å²) in [5.74, 6) is -0.359. The molecule has 0 aliphatic carbocycles. The van der Waals surface area contributed by atoms with E-state index in [1.807, 2.05) is 6.92 Å². The van der Waals surface area contributed by atoms with Crippen LogP contribution in [0.4, 0.5) is 10.8 Å². The van der Waals surface area contributed by atoms with Gasteiger partial charge in [-0.15, -0.1) is 10.2 Å². The van der Waals surface area contributed by atoms with Crippen molar-refractivity contribution in [1.82, 2.24) is 14.5 Å². The molecule has 3 aromatic rings. The Hall–Kier alpha value is -3.11. The van der Waals surface area contributed by atoms with Crippen molar-refractivity contribution in [3.63, 3.8) is 0 Å². The molecule has 1 amide bonds. The summed E-state index contributed by atoms with van der Waals surface area (Å²) in [4.78, 5) is 12.3. The van der Waals surface area contributed by atoms with E-state index in [0.29, 0.717) is 16.9 Å². The number of aromatic nitrogens is 2. The van der Waals surface area contributed by atoms with Gasteiger partial charge in [-0.3, -0.25) is 14.8 Å². The van der Waals surface area contributed by atoms with Crippen LogP contribution in [0.2, 0.25) is 0 Å². The number of rotatable bonds is 8. The van der Waals surface area contributed by atoms with E-state index in [-0.39, 0.29) is 47.8 Å². The molecule has 4 rings (SSSR count). The van der Waals surface area contributed by atoms with Crippen molar-refractivity contribution in [1.29, 1.82) is 0 Å². The van der Waals surface area contributed by atoms with Gasteiger partial charge >= 0.3 is 0 Å². The van der Waals surface area contributed by atoms with E-state index in [4.69, 9.17) is 9.47 Å². The van der Waals surface area contributed by atoms with Gasteiger partial charge in [-0.2, -0.15) is 12.7 Å². The van der Waals surface area contributed by atoms with Gasteiger partial charge in [-0.1, -0.05) is 29.0 Å². The standard InChI is InChI=1S/C21H23N5O7S3/c1-14-3-5-15(6-4-14)19(27)22-20-23-24-21(34-20)35(28,29)25-17-13-16(7-8-18(17)32-2)36(30,31)26-9-11-33-12-10-26/h3-8,13,25H,9-12H2,1-2H3,(H,22,23,27). The first-order valence-corrected chi connectivity index (χ1v) is 14.3. The third-order valence-corrected chi connectivity index (χ3v) is 9.66. The fourth-order valence-electron chi connectivity index (χ4n) is 3.29. The van der Waals surface area contributed by atoms with Crippen molar-refractivity contribution >= 4 is 48.1 Å². The Morgan fingerprint density at radius 3 is 2.42 bits per heavy atom. The molecule has 1 saturated heterocycles. The van der Waals surface area contributed by atoms with Crippen molar-refractivity contribution in [2.24, 2.45) is 0 Å². The van der Waals surface area contributed by atoms with Gasteiger partial charge in [0.1, 0.15) is 5.75 Å². The number of ether oxygens (including phenoxy) is 2. The predicted molar refractivity (Wildman–Crippen MR) is 132 cm³/mol. The van der Waals surface area contributed by atoms with Gasteiger partial charge in [0.25, 0.3) is 20.3 Å². The Balaban J connectivity index is 1.55. The van der Waals surface area contributed by atoms with Crippen LogP contribution < -0.4 is 14.8 Å². The van der Waals surface area contributed by atoms with E-state index < -0.39 is 30.3 Å². The van der Waals surface area contributed by atoms with Crippen LogP contribution in [0.25, 0.3) is 0 Å². The normalized spacial score (nSPS) is 14.8. The Bertz CT molecular complexity index is 1470. The number of sulfonamides is 2. The maximum Gasteiger partial charge on any atom is 0.291 e. The van der Waals surface area contributed by atoms with Gasteiger partial charge < -0.3 is 9.47 Å². The summed E-state index contributed by atoms with van der Waals surface area (Å²) in [6.07, 6.45) is 0. The van der Waals surface area contributed by atoms with Gasteiger partial charge in [-0.05, 0) is 37.3 Å². The minimum absolute atomic E-state index is 0.0171. The summed E-state index contributed by atoms with van der Waals surface area (Å²) in [5, 5.41) is 9.91. The highest BCUT2D eigenvalue weighted by Gasteiger charge is 2.29. The summed E-state index contributed by atoms with van der Waals surface area (Å²) in [7, 11) is -6.83. The molecular formula is C21H23N5O7S3. The lowest BCUT2D eigenvalue weighted by Crippen LogP contribution is -2.40. The molecule has 0 saturated carbocycles. The zero-order valence-electron chi connectivity index (χ0n) is 19.3. The smallest absolute Gasteiger partial charge is 0.291 e. The van der Waals surface area contributed by atoms with Gasteiger partial charge in [0.15, 0.2) is 0 Å². The Morgan fingerprint density at radius 1 is 1.06 bits per heavy atom. The molecule has 2 aromatic carbocycles. The highest BCUT2D eigenvalue weighted by atomic mass is 32.2. The molecule has 36 heavy (non-hydrogen) atoms. The molecule has 0 radical (unpaired) electrons. The predicted octanol–water partition coefficient (Wildman–Crippen LogP) is 1.93. The van der Waals surface area contributed by atoms with Crippen molar-refractivity contribution < 1.29 is 31.1 Å². The molecule has 1 aliphatic heterocycles. The summed E-state index contributed by atoms with van der Waals surface area (Å²) in [6.45, 7) is 2.82. The first-order valence-electron chi connectivity index (χ1n) is 10.6. The number of morpholine rings is 1. The highest BCUT2D eigenvalue weighted by molar-refractivity contribution is 7.94. The van der Waals surface area contributed by atoms with E-state index in [1.165, 1.54) is 29.6 Å². The summed E-state index contributed by atoms with van der Waals surface area (Å²) in [5.41, 5.74) is 1.27. The molecule has 12 nitrogen and oxygen atoms in total. The third kappa shape index (κ3) is 5.65. The monoisotopic (exact) mass is 553 g/mol. The molecule has 0 spiro atoms. The molecule has 1 aromatic heterocycles. The largest absolute Gasteiger partial charge is 0.495 e. The number of benzene rings is 2. The lowest BCUT2D eigenvalue weighted by molar-refractivity contribution is 0.0730. The van der Waals surface area contributed by atoms with Crippen LogP contribution in [-0.4, -0.2) is 70.7 Å². The number of hydrogen-bond donors (Lipinski definition) is 2. The fourth-order valence-corrected chi connectivity index (χ4v) is 6.69. The maximum absolute atomic E-state index is 13.0. The molecule has 2 N–H and O–H groups in total. The van der Waals surface area contributed by atoms with E-state index >= 15 is 0 Å². The summed E-state index contributed by atoms with van der Waals surface area (Å²) >= 11 is 0.645. The second-order valence-corrected chi connectivity index (χ2v) is 12.4. The zero-order chi connectivity index (χ0) is 25.9. The molecule has 0 bridgehead atoms. The van der Waals surface area contributed by atoms with Crippen molar-refractivity contribution in [2.45, 2.75) is 16.2 Å². The lowest BCUT2D eigenvalue weighted by atomic mass is 10.1. The molecule has 1 aliphatic rings. The van der Waals surface area contributed by atoms with Crippen molar-refractivity contribution in [3.05, 3.63) is 53.6 Å². The fraction of sp³-hybridized carbons (Fsp3) is 0.286. The lowest BCUT2D eigenvalue weighted by Gasteiger charge is -2.26. The molecular weight excluding hydrogens is 530 g/mol. The van der Waals surface area contributed by atoms with Crippen molar-refractivity contribution in [3.8, 4) is 5.75 Å². The van der Waals surface area contributed by atoms with E-state index in [1.54, 1.807) is 24.3 Å². The summed E-state index contributed by atoms with van der Waals surface area (Å²) < 4.78 is 65.6. The zero-order valence-corrected chi connectivity index (χ0v) is 21.7. The quantitative estimate of drug-likeness (QED) is 0.398. The number of hydrogen-bond acceptors (Lipinski definition) is 10. The van der Waals surface area contributed by atoms with Crippen LogP contribution in [-0.2, 0) is 24.8 Å². The molecule has 192 valence electrons. The van der Waals surface area contributed by atoms with Crippen LogP contribution in [0, 0.1) is 6.92 Å². The minimum atomic E-state index is -4.28. The molecule has 0 atom stereocenters. The van der Waals surface area contributed by atoms with Crippen LogP contribution in [0.1, 0.15) is 15.9 Å². The first-order chi connectivity index (χ1) is 17.1. The Labute approximate surface area is 212 Å². The number of methoxy groups -OCH3 is 1. The molecule has 15 heteroatoms. The van der Waals surface area contributed by atoms with Crippen LogP contribution in [0.5, 0.6) is 5.75 Å². The number of carbonyl (C=O) groups excluding carboxylic acids is 1. The van der Waals surface area contributed by atoms with Crippen LogP contribution >= 0.6 is 11.3 Å². The second kappa shape index (κ2) is 10.5. The first kappa shape index (κ1) is 26.0. The number of nitrogens with one attached hydrogen (secondary N) is 2. The number of amides is 1. The number of nitrogens with zero attached hydrogens (tertiary/aromatic N) is 3. The van der Waals surface area contributed by atoms with Gasteiger partial charge in [0.05, 0.1) is 30.9 Å². The van der Waals surface area contributed by atoms with Gasteiger partial charge in [0, 0.05) is 18.7 Å². The van der Waals surface area contributed by atoms with Crippen molar-refractivity contribution in [2.75, 3.05) is 43.5 Å². The number of carbonyl (C=O) groups is 1. The minimum Gasteiger partial charge on any atom is -0.495 e. The second-order valence-electron chi connectivity index (χ2n) is 7.68. The van der Waals surface area contributed by atoms with E-state index in [2.05, 4.69) is 20.2 Å². The molecule has 0 unspecified atom stereocenters. The SMILES string of the molecule is COc1ccc(S(=O)(=O)N2CCOCC2)cc1NS(=O)(=O)c1nnc(NC(=O)c2ccc(C)cc2)s1. The van der Waals surface area contributed by atoms with E-state index in [0.717, 1.165) is 5.56 Å². The summed E-state index contributed by atoms with van der Waals surface area (Å²) in [6, 6.07) is 10.7. The van der Waals surface area contributed by atoms with Crippen LogP contribution in [0.15, 0.2) is 51.7 Å². The van der Waals surface area contributed by atoms with E-state index in [9.17, 15) is 21.6 Å². The number of aryl methyl sites for hydroxylation is 1. The maximum atomic E-state index is 13.0. The number of anilines is 2. The van der Waals surface area contributed by atoms with Crippen LogP contribution in [0.3, 0.4) is 0 Å². The Morgan fingerprint density at radius 2 is 1.75 bits per heavy atom. The van der Waals surface area contributed by atoms with Gasteiger partial charge in [0.2, 0.25) is 15.2 Å². The average Bonchev–Trinajstić information content (AvgIpc) is 3.34. The third-order valence-electron chi connectivity index (χ3n) is 5.19. The Kier molecular flexibility index (Phi) is 7.56. The molecule has 1 fully saturated rings. The highest BCUT2D eigenvalue weighted by Crippen LogP contribution is 2.32.